The number of para-hydroxylation sites is 2. The van der Waals surface area contributed by atoms with Crippen LogP contribution in [-0.4, -0.2) is 30.9 Å². The molecule has 0 unspecified atom stereocenters. The number of nitrogens with zero attached hydrogens (tertiary/aromatic N) is 3. The van der Waals surface area contributed by atoms with Crippen LogP contribution in [0.4, 0.5) is 0 Å². The summed E-state index contributed by atoms with van der Waals surface area (Å²) >= 11 is 1.55. The molecule has 0 saturated carbocycles. The molecule has 6 heteroatoms. The molecule has 0 fully saturated rings. The Hall–Kier alpha value is -2.60. The van der Waals surface area contributed by atoms with Crippen LogP contribution in [0.25, 0.3) is 22.8 Å². The van der Waals surface area contributed by atoms with E-state index in [9.17, 15) is 10.2 Å². The van der Waals surface area contributed by atoms with Gasteiger partial charge in [-0.15, -0.1) is 0 Å². The smallest absolute Gasteiger partial charge is 0.191 e. The van der Waals surface area contributed by atoms with E-state index in [1.165, 1.54) is 0 Å². The second-order valence-corrected chi connectivity index (χ2v) is 6.56. The maximum absolute atomic E-state index is 10.1. The van der Waals surface area contributed by atoms with E-state index in [-0.39, 0.29) is 11.5 Å². The van der Waals surface area contributed by atoms with Crippen molar-refractivity contribution in [3.63, 3.8) is 0 Å². The molecule has 3 aromatic rings. The van der Waals surface area contributed by atoms with Crippen molar-refractivity contribution in [2.24, 2.45) is 0 Å². The van der Waals surface area contributed by atoms with E-state index in [1.807, 2.05) is 12.1 Å². The predicted molar refractivity (Wildman–Crippen MR) is 99.7 cm³/mol. The van der Waals surface area contributed by atoms with Gasteiger partial charge in [-0.05, 0) is 30.7 Å². The fourth-order valence-electron chi connectivity index (χ4n) is 2.30. The lowest BCUT2D eigenvalue weighted by atomic mass is 10.1. The number of unbranched alkanes of at least 4 members (excludes halogenated alkanes) is 1. The highest BCUT2D eigenvalue weighted by atomic mass is 32.2. The third-order valence-electron chi connectivity index (χ3n) is 3.63. The average molecular weight is 353 g/mol. The number of phenols is 2. The lowest BCUT2D eigenvalue weighted by molar-refractivity contribution is 0.476. The zero-order chi connectivity index (χ0) is 17.6. The molecule has 128 valence electrons. The molecule has 0 saturated heterocycles. The summed E-state index contributed by atoms with van der Waals surface area (Å²) in [5.41, 5.74) is 1.08. The van der Waals surface area contributed by atoms with Gasteiger partial charge in [0.2, 0.25) is 0 Å². The summed E-state index contributed by atoms with van der Waals surface area (Å²) in [6, 6.07) is 13.9. The number of hydrogen-bond acceptors (Lipinski definition) is 6. The molecule has 25 heavy (non-hydrogen) atoms. The van der Waals surface area contributed by atoms with Crippen molar-refractivity contribution in [1.29, 1.82) is 0 Å². The van der Waals surface area contributed by atoms with Crippen LogP contribution >= 0.6 is 11.8 Å². The number of aromatic nitrogens is 3. The Labute approximate surface area is 150 Å². The van der Waals surface area contributed by atoms with Gasteiger partial charge in [0, 0.05) is 5.75 Å². The molecule has 3 rings (SSSR count). The topological polar surface area (TPSA) is 79.1 Å². The van der Waals surface area contributed by atoms with E-state index in [2.05, 4.69) is 21.9 Å². The van der Waals surface area contributed by atoms with Crippen LogP contribution in [0.1, 0.15) is 19.8 Å². The first-order valence-corrected chi connectivity index (χ1v) is 9.13. The number of thioether (sulfide) groups is 1. The zero-order valence-corrected chi connectivity index (χ0v) is 14.7. The Kier molecular flexibility index (Phi) is 5.50. The lowest BCUT2D eigenvalue weighted by Crippen LogP contribution is -2.00. The van der Waals surface area contributed by atoms with Crippen molar-refractivity contribution in [1.82, 2.24) is 15.0 Å². The van der Waals surface area contributed by atoms with Crippen LogP contribution in [-0.2, 0) is 0 Å². The molecule has 0 spiro atoms. The van der Waals surface area contributed by atoms with Gasteiger partial charge in [0.05, 0.1) is 11.1 Å². The van der Waals surface area contributed by atoms with E-state index < -0.39 is 0 Å². The van der Waals surface area contributed by atoms with Gasteiger partial charge in [-0.1, -0.05) is 49.4 Å². The first-order chi connectivity index (χ1) is 12.2. The average Bonchev–Trinajstić information content (AvgIpc) is 2.62. The molecule has 0 radical (unpaired) electrons. The first-order valence-electron chi connectivity index (χ1n) is 8.14. The monoisotopic (exact) mass is 353 g/mol. The maximum Gasteiger partial charge on any atom is 0.191 e. The van der Waals surface area contributed by atoms with Crippen LogP contribution in [0.15, 0.2) is 53.7 Å². The SMILES string of the molecule is CCCCSc1nc(-c2ccccc2O)nc(-c2ccccc2O)n1. The predicted octanol–water partition coefficient (Wildman–Crippen LogP) is 4.51. The number of aromatic hydroxyl groups is 2. The van der Waals surface area contributed by atoms with E-state index >= 15 is 0 Å². The summed E-state index contributed by atoms with van der Waals surface area (Å²) in [6.07, 6.45) is 2.16. The largest absolute Gasteiger partial charge is 0.507 e. The molecule has 0 aliphatic rings. The number of hydrogen-bond donors (Lipinski definition) is 2. The van der Waals surface area contributed by atoms with Crippen LogP contribution in [0, 0.1) is 0 Å². The standard InChI is InChI=1S/C19H19N3O2S/c1-2-3-12-25-19-21-17(13-8-4-6-10-15(13)23)20-18(22-19)14-9-5-7-11-16(14)24/h4-11,23-24H,2-3,12H2,1H3. The Bertz CT molecular complexity index is 807. The van der Waals surface area contributed by atoms with E-state index in [4.69, 9.17) is 0 Å². The minimum atomic E-state index is 0.112. The van der Waals surface area contributed by atoms with Gasteiger partial charge in [0.15, 0.2) is 16.8 Å². The van der Waals surface area contributed by atoms with Gasteiger partial charge >= 0.3 is 0 Å². The molecular weight excluding hydrogens is 334 g/mol. The quantitative estimate of drug-likeness (QED) is 0.501. The van der Waals surface area contributed by atoms with E-state index in [1.54, 1.807) is 48.2 Å². The molecule has 1 aromatic heterocycles. The molecule has 0 aliphatic carbocycles. The van der Waals surface area contributed by atoms with Crippen molar-refractivity contribution in [3.8, 4) is 34.3 Å². The Morgan fingerprint density at radius 3 is 1.80 bits per heavy atom. The fourth-order valence-corrected chi connectivity index (χ4v) is 3.21. The molecule has 2 N–H and O–H groups in total. The van der Waals surface area contributed by atoms with Gasteiger partial charge in [-0.2, -0.15) is 0 Å². The highest BCUT2D eigenvalue weighted by Crippen LogP contribution is 2.31. The van der Waals surface area contributed by atoms with Gasteiger partial charge in [-0.25, -0.2) is 15.0 Å². The first kappa shape index (κ1) is 17.2. The lowest BCUT2D eigenvalue weighted by Gasteiger charge is -2.09. The third kappa shape index (κ3) is 4.09. The van der Waals surface area contributed by atoms with Gasteiger partial charge in [-0.3, -0.25) is 0 Å². The van der Waals surface area contributed by atoms with Crippen molar-refractivity contribution in [3.05, 3.63) is 48.5 Å². The third-order valence-corrected chi connectivity index (χ3v) is 4.57. The summed E-state index contributed by atoms with van der Waals surface area (Å²) in [4.78, 5) is 13.4. The number of benzene rings is 2. The molecule has 2 aromatic carbocycles. The summed E-state index contributed by atoms with van der Waals surface area (Å²) < 4.78 is 0. The van der Waals surface area contributed by atoms with Gasteiger partial charge in [0.25, 0.3) is 0 Å². The van der Waals surface area contributed by atoms with Crippen molar-refractivity contribution < 1.29 is 10.2 Å². The molecule has 0 atom stereocenters. The van der Waals surface area contributed by atoms with Crippen LogP contribution in [0.5, 0.6) is 11.5 Å². The second kappa shape index (κ2) is 7.98. The molecule has 5 nitrogen and oxygen atoms in total. The summed E-state index contributed by atoms with van der Waals surface area (Å²) in [7, 11) is 0. The normalized spacial score (nSPS) is 10.8. The van der Waals surface area contributed by atoms with Crippen LogP contribution in [0.2, 0.25) is 0 Å². The molecule has 0 bridgehead atoms. The van der Waals surface area contributed by atoms with Crippen molar-refractivity contribution >= 4 is 11.8 Å². The summed E-state index contributed by atoms with van der Waals surface area (Å²) in [5.74, 6) is 1.92. The minimum absolute atomic E-state index is 0.112. The summed E-state index contributed by atoms with van der Waals surface area (Å²) in [5, 5.41) is 20.8. The van der Waals surface area contributed by atoms with Crippen molar-refractivity contribution in [2.45, 2.75) is 24.9 Å². The Balaban J connectivity index is 2.09. The molecule has 0 aliphatic heterocycles. The molecule has 1 heterocycles. The molecular formula is C19H19N3O2S. The van der Waals surface area contributed by atoms with Crippen molar-refractivity contribution in [2.75, 3.05) is 5.75 Å². The minimum Gasteiger partial charge on any atom is -0.507 e. The van der Waals surface area contributed by atoms with E-state index in [0.29, 0.717) is 27.9 Å². The highest BCUT2D eigenvalue weighted by Gasteiger charge is 2.15. The van der Waals surface area contributed by atoms with E-state index in [0.717, 1.165) is 18.6 Å². The van der Waals surface area contributed by atoms with Gasteiger partial charge < -0.3 is 10.2 Å². The maximum atomic E-state index is 10.1. The zero-order valence-electron chi connectivity index (χ0n) is 13.9. The second-order valence-electron chi connectivity index (χ2n) is 5.50. The number of rotatable bonds is 6. The van der Waals surface area contributed by atoms with Crippen LogP contribution < -0.4 is 0 Å². The number of phenolic OH excluding ortho intramolecular Hbond substituents is 2. The highest BCUT2D eigenvalue weighted by molar-refractivity contribution is 7.99. The molecule has 0 amide bonds. The van der Waals surface area contributed by atoms with Gasteiger partial charge in [0.1, 0.15) is 11.5 Å². The Morgan fingerprint density at radius 2 is 1.32 bits per heavy atom. The Morgan fingerprint density at radius 1 is 0.800 bits per heavy atom. The van der Waals surface area contributed by atoms with Crippen LogP contribution in [0.3, 0.4) is 0 Å². The fraction of sp³-hybridized carbons (Fsp3) is 0.211. The summed E-state index contributed by atoms with van der Waals surface area (Å²) in [6.45, 7) is 2.13.